The van der Waals surface area contributed by atoms with Gasteiger partial charge in [-0.3, -0.25) is 0 Å². The van der Waals surface area contributed by atoms with E-state index in [2.05, 4.69) is 16.8 Å². The number of aromatic nitrogens is 1. The van der Waals surface area contributed by atoms with Crippen LogP contribution in [0.4, 0.5) is 5.82 Å². The fourth-order valence-corrected chi connectivity index (χ4v) is 2.14. The second kappa shape index (κ2) is 4.29. The fraction of sp³-hybridized carbons (Fsp3) is 0.583. The number of aliphatic hydroxyl groups is 1. The van der Waals surface area contributed by atoms with Gasteiger partial charge in [0.1, 0.15) is 5.82 Å². The van der Waals surface area contributed by atoms with Crippen LogP contribution < -0.4 is 9.64 Å². The smallest absolute Gasteiger partial charge is 0.214 e. The summed E-state index contributed by atoms with van der Waals surface area (Å²) in [5.74, 6) is 1.49. The summed E-state index contributed by atoms with van der Waals surface area (Å²) >= 11 is 0. The van der Waals surface area contributed by atoms with Gasteiger partial charge in [-0.1, -0.05) is 19.4 Å². The molecule has 2 rings (SSSR count). The molecule has 1 aliphatic rings. The maximum absolute atomic E-state index is 10.1. The molecule has 88 valence electrons. The van der Waals surface area contributed by atoms with Crippen molar-refractivity contribution in [3.8, 4) is 5.88 Å². The van der Waals surface area contributed by atoms with Gasteiger partial charge in [0.15, 0.2) is 0 Å². The molecule has 1 fully saturated rings. The lowest BCUT2D eigenvalue weighted by Crippen LogP contribution is -2.62. The largest absolute Gasteiger partial charge is 0.481 e. The van der Waals surface area contributed by atoms with Gasteiger partial charge in [-0.25, -0.2) is 0 Å². The van der Waals surface area contributed by atoms with E-state index in [1.165, 1.54) is 0 Å². The highest BCUT2D eigenvalue weighted by Gasteiger charge is 2.40. The van der Waals surface area contributed by atoms with Crippen LogP contribution in [0.2, 0.25) is 0 Å². The van der Waals surface area contributed by atoms with Gasteiger partial charge in [-0.05, 0) is 12.5 Å². The van der Waals surface area contributed by atoms with Gasteiger partial charge in [0, 0.05) is 19.2 Å². The van der Waals surface area contributed by atoms with E-state index in [0.717, 1.165) is 18.7 Å². The normalized spacial score (nSPS) is 18.1. The Morgan fingerprint density at radius 3 is 2.88 bits per heavy atom. The number of pyridine rings is 1. The summed E-state index contributed by atoms with van der Waals surface area (Å²) in [6.45, 7) is 3.42. The summed E-state index contributed by atoms with van der Waals surface area (Å²) in [7, 11) is 1.61. The van der Waals surface area contributed by atoms with Crippen LogP contribution in [0.5, 0.6) is 5.88 Å². The first-order valence-electron chi connectivity index (χ1n) is 5.65. The van der Waals surface area contributed by atoms with E-state index in [-0.39, 0.29) is 0 Å². The lowest BCUT2D eigenvalue weighted by atomic mass is 9.89. The van der Waals surface area contributed by atoms with Crippen molar-refractivity contribution in [1.82, 2.24) is 4.98 Å². The molecule has 1 aromatic rings. The molecular formula is C12H18N2O2. The Morgan fingerprint density at radius 2 is 2.25 bits per heavy atom. The van der Waals surface area contributed by atoms with E-state index < -0.39 is 5.60 Å². The van der Waals surface area contributed by atoms with Gasteiger partial charge in [0.25, 0.3) is 0 Å². The predicted octanol–water partition coefficient (Wildman–Crippen LogP) is 1.44. The maximum atomic E-state index is 10.1. The third-order valence-electron chi connectivity index (χ3n) is 2.93. The molecule has 4 nitrogen and oxygen atoms in total. The first kappa shape index (κ1) is 11.2. The van der Waals surface area contributed by atoms with E-state index in [0.29, 0.717) is 19.0 Å². The highest BCUT2D eigenvalue weighted by molar-refractivity contribution is 5.45. The zero-order valence-electron chi connectivity index (χ0n) is 9.81. The van der Waals surface area contributed by atoms with Crippen molar-refractivity contribution in [3.63, 3.8) is 0 Å². The van der Waals surface area contributed by atoms with Crippen molar-refractivity contribution in [2.75, 3.05) is 25.1 Å². The van der Waals surface area contributed by atoms with Crippen LogP contribution in [0.1, 0.15) is 19.8 Å². The van der Waals surface area contributed by atoms with Crippen LogP contribution in [0.25, 0.3) is 0 Å². The molecule has 0 amide bonds. The second-order valence-electron chi connectivity index (χ2n) is 4.37. The summed E-state index contributed by atoms with van der Waals surface area (Å²) in [4.78, 5) is 6.40. The zero-order chi connectivity index (χ0) is 11.6. The van der Waals surface area contributed by atoms with Crippen molar-refractivity contribution in [1.29, 1.82) is 0 Å². The fourth-order valence-electron chi connectivity index (χ4n) is 2.14. The van der Waals surface area contributed by atoms with E-state index in [4.69, 9.17) is 4.74 Å². The second-order valence-corrected chi connectivity index (χ2v) is 4.37. The summed E-state index contributed by atoms with van der Waals surface area (Å²) in [6, 6.07) is 5.67. The molecule has 0 radical (unpaired) electrons. The van der Waals surface area contributed by atoms with Crippen LogP contribution in [0.15, 0.2) is 18.2 Å². The molecule has 2 heterocycles. The van der Waals surface area contributed by atoms with Gasteiger partial charge in [-0.15, -0.1) is 0 Å². The molecule has 0 spiro atoms. The predicted molar refractivity (Wildman–Crippen MR) is 62.9 cm³/mol. The van der Waals surface area contributed by atoms with Crippen molar-refractivity contribution >= 4 is 5.82 Å². The molecule has 0 unspecified atom stereocenters. The summed E-state index contributed by atoms with van der Waals surface area (Å²) < 4.78 is 5.07. The van der Waals surface area contributed by atoms with Gasteiger partial charge in [0.05, 0.1) is 12.7 Å². The molecule has 1 aromatic heterocycles. The van der Waals surface area contributed by atoms with Crippen LogP contribution in [-0.2, 0) is 0 Å². The molecule has 0 atom stereocenters. The standard InChI is InChI=1S/C12H18N2O2/c1-3-7-12(15)8-14(9-12)10-5-4-6-11(13-10)16-2/h4-6,15H,3,7-9H2,1-2H3. The van der Waals surface area contributed by atoms with Gasteiger partial charge < -0.3 is 14.7 Å². The number of hydrogen-bond acceptors (Lipinski definition) is 4. The molecule has 0 saturated carbocycles. The van der Waals surface area contributed by atoms with Gasteiger partial charge in [0.2, 0.25) is 5.88 Å². The summed E-state index contributed by atoms with van der Waals surface area (Å²) in [6.07, 6.45) is 1.86. The lowest BCUT2D eigenvalue weighted by Gasteiger charge is -2.47. The van der Waals surface area contributed by atoms with E-state index in [1.807, 2.05) is 18.2 Å². The first-order valence-corrected chi connectivity index (χ1v) is 5.65. The third kappa shape index (κ3) is 2.11. The van der Waals surface area contributed by atoms with Gasteiger partial charge in [-0.2, -0.15) is 4.98 Å². The Hall–Kier alpha value is -1.29. The van der Waals surface area contributed by atoms with Crippen molar-refractivity contribution in [2.24, 2.45) is 0 Å². The Labute approximate surface area is 95.9 Å². The Balaban J connectivity index is 2.00. The highest BCUT2D eigenvalue weighted by Crippen LogP contribution is 2.30. The monoisotopic (exact) mass is 222 g/mol. The molecule has 1 aliphatic heterocycles. The quantitative estimate of drug-likeness (QED) is 0.837. The first-order chi connectivity index (χ1) is 7.67. The highest BCUT2D eigenvalue weighted by atomic mass is 16.5. The number of rotatable bonds is 4. The average molecular weight is 222 g/mol. The number of β-amino-alcohol motifs (C(OH)–C–C–N with tert-alkyl or cyclic N) is 1. The van der Waals surface area contributed by atoms with Crippen molar-refractivity contribution < 1.29 is 9.84 Å². The number of methoxy groups -OCH3 is 1. The molecular weight excluding hydrogens is 204 g/mol. The number of anilines is 1. The molecule has 4 heteroatoms. The minimum absolute atomic E-state index is 0.514. The number of hydrogen-bond donors (Lipinski definition) is 1. The minimum atomic E-state index is -0.514. The Bertz CT molecular complexity index is 362. The molecule has 0 aliphatic carbocycles. The Kier molecular flexibility index (Phi) is 3.01. The molecule has 1 saturated heterocycles. The summed E-state index contributed by atoms with van der Waals surface area (Å²) in [5, 5.41) is 10.1. The zero-order valence-corrected chi connectivity index (χ0v) is 9.81. The van der Waals surface area contributed by atoms with E-state index >= 15 is 0 Å². The minimum Gasteiger partial charge on any atom is -0.481 e. The SMILES string of the molecule is CCCC1(O)CN(c2cccc(OC)n2)C1. The van der Waals surface area contributed by atoms with E-state index in [9.17, 15) is 5.11 Å². The number of ether oxygens (including phenoxy) is 1. The van der Waals surface area contributed by atoms with Crippen molar-refractivity contribution in [2.45, 2.75) is 25.4 Å². The Morgan fingerprint density at radius 1 is 1.50 bits per heavy atom. The molecule has 0 bridgehead atoms. The lowest BCUT2D eigenvalue weighted by molar-refractivity contribution is 0.00289. The van der Waals surface area contributed by atoms with Crippen LogP contribution in [-0.4, -0.2) is 35.9 Å². The third-order valence-corrected chi connectivity index (χ3v) is 2.93. The number of nitrogens with zero attached hydrogens (tertiary/aromatic N) is 2. The van der Waals surface area contributed by atoms with Crippen LogP contribution in [0.3, 0.4) is 0 Å². The van der Waals surface area contributed by atoms with Crippen LogP contribution in [0, 0.1) is 0 Å². The topological polar surface area (TPSA) is 45.6 Å². The molecule has 0 aromatic carbocycles. The molecule has 1 N–H and O–H groups in total. The van der Waals surface area contributed by atoms with Crippen molar-refractivity contribution in [3.05, 3.63) is 18.2 Å². The molecule has 16 heavy (non-hydrogen) atoms. The van der Waals surface area contributed by atoms with Gasteiger partial charge >= 0.3 is 0 Å². The summed E-state index contributed by atoms with van der Waals surface area (Å²) in [5.41, 5.74) is -0.514. The van der Waals surface area contributed by atoms with E-state index in [1.54, 1.807) is 7.11 Å². The average Bonchev–Trinajstić information content (AvgIpc) is 2.26. The maximum Gasteiger partial charge on any atom is 0.214 e. The van der Waals surface area contributed by atoms with Crippen LogP contribution >= 0.6 is 0 Å².